The molecule has 2 heterocycles. The van der Waals surface area contributed by atoms with Crippen LogP contribution < -0.4 is 16.0 Å². The topological polar surface area (TPSA) is 72.0 Å². The number of rotatable bonds is 9. The lowest BCUT2D eigenvalue weighted by Crippen LogP contribution is -2.45. The highest BCUT2D eigenvalue weighted by Gasteiger charge is 2.38. The molecule has 31 heavy (non-hydrogen) atoms. The van der Waals surface area contributed by atoms with Crippen LogP contribution in [-0.4, -0.2) is 54.0 Å². The molecule has 0 aromatic heterocycles. The van der Waals surface area contributed by atoms with Gasteiger partial charge in [0.25, 0.3) is 5.91 Å². The first-order valence-electron chi connectivity index (χ1n) is 11.4. The second-order valence-electron chi connectivity index (χ2n) is 7.91. The van der Waals surface area contributed by atoms with Gasteiger partial charge in [0.1, 0.15) is 5.70 Å². The fourth-order valence-corrected chi connectivity index (χ4v) is 4.16. The third-order valence-electron chi connectivity index (χ3n) is 6.08. The number of benzene rings is 1. The molecule has 0 saturated heterocycles. The van der Waals surface area contributed by atoms with Crippen LogP contribution in [0.1, 0.15) is 46.1 Å². The summed E-state index contributed by atoms with van der Waals surface area (Å²) in [6.45, 7) is 11.7. The second kappa shape index (κ2) is 10.5. The van der Waals surface area contributed by atoms with E-state index >= 15 is 0 Å². The maximum atomic E-state index is 12.5. The van der Waals surface area contributed by atoms with E-state index in [4.69, 9.17) is 4.99 Å². The van der Waals surface area contributed by atoms with Gasteiger partial charge in [0.05, 0.1) is 0 Å². The summed E-state index contributed by atoms with van der Waals surface area (Å²) in [6.07, 6.45) is 5.60. The predicted octanol–water partition coefficient (Wildman–Crippen LogP) is 3.24. The molecule has 0 radical (unpaired) electrons. The lowest BCUT2D eigenvalue weighted by Gasteiger charge is -2.35. The third-order valence-corrected chi connectivity index (χ3v) is 6.08. The maximum absolute atomic E-state index is 12.5. The quantitative estimate of drug-likeness (QED) is 0.568. The zero-order valence-corrected chi connectivity index (χ0v) is 19.4. The summed E-state index contributed by atoms with van der Waals surface area (Å²) in [5.41, 5.74) is 3.97. The van der Waals surface area contributed by atoms with Crippen molar-refractivity contribution in [1.82, 2.24) is 20.4 Å². The van der Waals surface area contributed by atoms with E-state index in [9.17, 15) is 4.79 Å². The lowest BCUT2D eigenvalue weighted by molar-refractivity contribution is -0.119. The first kappa shape index (κ1) is 22.9. The van der Waals surface area contributed by atoms with Crippen molar-refractivity contribution >= 4 is 17.6 Å². The van der Waals surface area contributed by atoms with E-state index in [0.717, 1.165) is 43.7 Å². The number of fused-ring (bicyclic) bond motifs is 1. The van der Waals surface area contributed by atoms with Gasteiger partial charge in [-0.25, -0.2) is 4.99 Å². The lowest BCUT2D eigenvalue weighted by atomic mass is 10.1. The van der Waals surface area contributed by atoms with Crippen LogP contribution in [0.5, 0.6) is 0 Å². The monoisotopic (exact) mass is 424 g/mol. The van der Waals surface area contributed by atoms with E-state index in [0.29, 0.717) is 11.7 Å². The average molecular weight is 425 g/mol. The molecule has 2 aliphatic heterocycles. The molecular weight excluding hydrogens is 388 g/mol. The van der Waals surface area contributed by atoms with E-state index in [-0.39, 0.29) is 18.1 Å². The minimum absolute atomic E-state index is 0.0734. The van der Waals surface area contributed by atoms with Crippen molar-refractivity contribution < 1.29 is 4.79 Å². The number of amides is 1. The Hall–Kier alpha value is -2.80. The molecule has 3 rings (SSSR count). The van der Waals surface area contributed by atoms with Crippen LogP contribution >= 0.6 is 0 Å². The average Bonchev–Trinajstić information content (AvgIpc) is 3.17. The maximum Gasteiger partial charge on any atom is 0.267 e. The van der Waals surface area contributed by atoms with Gasteiger partial charge in [0, 0.05) is 37.1 Å². The molecule has 0 bridgehead atoms. The van der Waals surface area contributed by atoms with Crippen molar-refractivity contribution in [2.24, 2.45) is 4.99 Å². The van der Waals surface area contributed by atoms with Gasteiger partial charge in [0.2, 0.25) is 5.96 Å². The third kappa shape index (κ3) is 5.10. The van der Waals surface area contributed by atoms with Gasteiger partial charge in [-0.1, -0.05) is 39.8 Å². The molecule has 1 atom stereocenters. The largest absolute Gasteiger partial charge is 0.354 e. The summed E-state index contributed by atoms with van der Waals surface area (Å²) in [5, 5.41) is 9.39. The predicted molar refractivity (Wildman–Crippen MR) is 127 cm³/mol. The summed E-state index contributed by atoms with van der Waals surface area (Å²) in [7, 11) is 1.67. The van der Waals surface area contributed by atoms with E-state index < -0.39 is 0 Å². The number of anilines is 1. The van der Waals surface area contributed by atoms with Crippen molar-refractivity contribution in [2.45, 2.75) is 59.3 Å². The Morgan fingerprint density at radius 1 is 1.16 bits per heavy atom. The number of likely N-dealkylation sites (N-methyl/N-ethyl adjacent to an activating group) is 1. The van der Waals surface area contributed by atoms with Crippen LogP contribution in [0.2, 0.25) is 0 Å². The van der Waals surface area contributed by atoms with Gasteiger partial charge in [-0.2, -0.15) is 0 Å². The van der Waals surface area contributed by atoms with Crippen molar-refractivity contribution in [3.8, 4) is 0 Å². The number of hydrogen-bond donors (Lipinski definition) is 3. The Labute approximate surface area is 186 Å². The molecule has 3 N–H and O–H groups in total. The van der Waals surface area contributed by atoms with Crippen LogP contribution in [0.15, 0.2) is 52.8 Å². The zero-order chi connectivity index (χ0) is 22.4. The second-order valence-corrected chi connectivity index (χ2v) is 7.91. The molecule has 1 amide bonds. The van der Waals surface area contributed by atoms with Gasteiger partial charge in [0.15, 0.2) is 6.17 Å². The molecule has 168 valence electrons. The highest BCUT2D eigenvalue weighted by atomic mass is 16.2. The molecule has 1 aromatic rings. The van der Waals surface area contributed by atoms with Crippen LogP contribution in [0.25, 0.3) is 0 Å². The molecule has 1 aromatic carbocycles. The SMILES string of the molecule is CCC(CC)N1C(C(=O)NC)=CC2=CNC(Nc3ccc(CN(CC)CC)cc3)=NC21. The van der Waals surface area contributed by atoms with Crippen molar-refractivity contribution in [3.63, 3.8) is 0 Å². The first-order chi connectivity index (χ1) is 15.0. The highest BCUT2D eigenvalue weighted by molar-refractivity contribution is 5.97. The normalized spacial score (nSPS) is 17.7. The number of hydrogen-bond acceptors (Lipinski definition) is 6. The Morgan fingerprint density at radius 3 is 2.42 bits per heavy atom. The van der Waals surface area contributed by atoms with E-state index in [2.05, 4.69) is 77.7 Å². The van der Waals surface area contributed by atoms with Crippen molar-refractivity contribution in [2.75, 3.05) is 25.5 Å². The van der Waals surface area contributed by atoms with Gasteiger partial charge < -0.3 is 20.9 Å². The summed E-state index contributed by atoms with van der Waals surface area (Å²) < 4.78 is 0. The molecule has 2 aliphatic rings. The van der Waals surface area contributed by atoms with Crippen LogP contribution in [0.4, 0.5) is 5.69 Å². The number of aliphatic imine (C=N–C) groups is 1. The fourth-order valence-electron chi connectivity index (χ4n) is 4.16. The number of carbonyl (C=O) groups is 1. The Morgan fingerprint density at radius 2 is 1.84 bits per heavy atom. The fraction of sp³-hybridized carbons (Fsp3) is 0.500. The van der Waals surface area contributed by atoms with Crippen LogP contribution in [0.3, 0.4) is 0 Å². The molecule has 0 fully saturated rings. The summed E-state index contributed by atoms with van der Waals surface area (Å²) in [5.74, 6) is 0.614. The minimum Gasteiger partial charge on any atom is -0.354 e. The van der Waals surface area contributed by atoms with E-state index in [1.165, 1.54) is 5.56 Å². The molecular formula is C24H36N6O. The number of guanidine groups is 1. The molecule has 0 saturated carbocycles. The van der Waals surface area contributed by atoms with E-state index in [1.54, 1.807) is 7.05 Å². The van der Waals surface area contributed by atoms with Gasteiger partial charge in [-0.05, 0) is 49.7 Å². The summed E-state index contributed by atoms with van der Waals surface area (Å²) in [6, 6.07) is 8.74. The highest BCUT2D eigenvalue weighted by Crippen LogP contribution is 2.33. The van der Waals surface area contributed by atoms with Gasteiger partial charge in [-0.3, -0.25) is 9.69 Å². The molecule has 7 heteroatoms. The van der Waals surface area contributed by atoms with Gasteiger partial charge >= 0.3 is 0 Å². The molecule has 0 aliphatic carbocycles. The summed E-state index contributed by atoms with van der Waals surface area (Å²) >= 11 is 0. The van der Waals surface area contributed by atoms with Crippen molar-refractivity contribution in [3.05, 3.63) is 53.4 Å². The number of nitrogens with one attached hydrogen (secondary N) is 3. The standard InChI is InChI=1S/C24H36N6O/c1-6-20(7-2)30-21(23(31)25-5)14-18-15-26-24(28-22(18)30)27-19-12-10-17(11-13-19)16-29(8-3)9-4/h10-15,20,22H,6-9,16H2,1-5H3,(H,25,31)(H2,26,27,28). The summed E-state index contributed by atoms with van der Waals surface area (Å²) in [4.78, 5) is 22.0. The Balaban J connectivity index is 1.75. The Bertz CT molecular complexity index is 849. The smallest absolute Gasteiger partial charge is 0.267 e. The molecule has 7 nitrogen and oxygen atoms in total. The van der Waals surface area contributed by atoms with E-state index in [1.807, 2.05) is 12.3 Å². The number of carbonyl (C=O) groups excluding carboxylic acids is 1. The zero-order valence-electron chi connectivity index (χ0n) is 19.4. The minimum atomic E-state index is -0.192. The Kier molecular flexibility index (Phi) is 7.74. The first-order valence-corrected chi connectivity index (χ1v) is 11.4. The number of nitrogens with zero attached hydrogens (tertiary/aromatic N) is 3. The molecule has 0 spiro atoms. The van der Waals surface area contributed by atoms with Crippen molar-refractivity contribution in [1.29, 1.82) is 0 Å². The molecule has 1 unspecified atom stereocenters. The van der Waals surface area contributed by atoms with Crippen LogP contribution in [0, 0.1) is 0 Å². The van der Waals surface area contributed by atoms with Crippen LogP contribution in [-0.2, 0) is 11.3 Å². The van der Waals surface area contributed by atoms with Gasteiger partial charge in [-0.15, -0.1) is 0 Å².